The Hall–Kier alpha value is -0.0800. The molecule has 0 aromatic carbocycles. The van der Waals surface area contributed by atoms with E-state index in [-0.39, 0.29) is 0 Å². The third kappa shape index (κ3) is 1.00. The van der Waals surface area contributed by atoms with Crippen LogP contribution in [0, 0.1) is 11.3 Å². The third-order valence-electron chi connectivity index (χ3n) is 3.62. The van der Waals surface area contributed by atoms with E-state index in [9.17, 15) is 0 Å². The lowest BCUT2D eigenvalue weighted by atomic mass is 9.81. The maximum absolute atomic E-state index is 5.85. The molecule has 2 N–H and O–H groups in total. The number of nitrogens with zero attached hydrogens (tertiary/aromatic N) is 1. The van der Waals surface area contributed by atoms with Crippen LogP contribution < -0.4 is 5.73 Å². The van der Waals surface area contributed by atoms with Crippen molar-refractivity contribution in [3.63, 3.8) is 0 Å². The van der Waals surface area contributed by atoms with Gasteiger partial charge in [-0.1, -0.05) is 6.42 Å². The summed E-state index contributed by atoms with van der Waals surface area (Å²) in [6.07, 6.45) is 4.20. The molecule has 2 fully saturated rings. The molecule has 1 saturated carbocycles. The number of likely N-dealkylation sites (tertiary alicyclic amines) is 1. The van der Waals surface area contributed by atoms with Gasteiger partial charge >= 0.3 is 0 Å². The van der Waals surface area contributed by atoms with Crippen molar-refractivity contribution in [3.8, 4) is 0 Å². The minimum Gasteiger partial charge on any atom is -0.330 e. The van der Waals surface area contributed by atoms with E-state index >= 15 is 0 Å². The molecular formula is C9H18N2. The Morgan fingerprint density at radius 3 is 3.09 bits per heavy atom. The molecular weight excluding hydrogens is 136 g/mol. The average molecular weight is 154 g/mol. The fourth-order valence-corrected chi connectivity index (χ4v) is 3.02. The number of nitrogens with two attached hydrogens (primary N) is 1. The highest BCUT2D eigenvalue weighted by molar-refractivity contribution is 5.00. The van der Waals surface area contributed by atoms with Crippen LogP contribution in [0.1, 0.15) is 19.3 Å². The largest absolute Gasteiger partial charge is 0.330 e. The molecule has 1 aliphatic carbocycles. The summed E-state index contributed by atoms with van der Waals surface area (Å²) in [6.45, 7) is 3.44. The summed E-state index contributed by atoms with van der Waals surface area (Å²) in [5, 5.41) is 0. The topological polar surface area (TPSA) is 29.3 Å². The van der Waals surface area contributed by atoms with Gasteiger partial charge in [0.25, 0.3) is 0 Å². The first-order chi connectivity index (χ1) is 5.27. The van der Waals surface area contributed by atoms with Crippen LogP contribution in [-0.2, 0) is 0 Å². The second kappa shape index (κ2) is 2.46. The Balaban J connectivity index is 2.15. The van der Waals surface area contributed by atoms with Gasteiger partial charge in [0.15, 0.2) is 0 Å². The maximum Gasteiger partial charge on any atom is 0.00503 e. The molecule has 0 radical (unpaired) electrons. The molecule has 0 amide bonds. The highest BCUT2D eigenvalue weighted by Crippen LogP contribution is 2.47. The zero-order valence-corrected chi connectivity index (χ0v) is 7.34. The summed E-state index contributed by atoms with van der Waals surface area (Å²) in [5.74, 6) is 0.914. The van der Waals surface area contributed by atoms with E-state index in [1.807, 2.05) is 0 Å². The lowest BCUT2D eigenvalue weighted by molar-refractivity contribution is 0.265. The smallest absolute Gasteiger partial charge is 0.00503 e. The molecule has 11 heavy (non-hydrogen) atoms. The zero-order chi connectivity index (χ0) is 7.90. The molecule has 2 rings (SSSR count). The number of fused-ring (bicyclic) bond motifs is 1. The lowest BCUT2D eigenvalue weighted by Crippen LogP contribution is -2.34. The van der Waals surface area contributed by atoms with Crippen molar-refractivity contribution in [1.82, 2.24) is 4.90 Å². The van der Waals surface area contributed by atoms with Crippen LogP contribution in [0.2, 0.25) is 0 Å². The molecule has 2 unspecified atom stereocenters. The van der Waals surface area contributed by atoms with E-state index in [4.69, 9.17) is 5.73 Å². The van der Waals surface area contributed by atoms with Crippen molar-refractivity contribution in [3.05, 3.63) is 0 Å². The van der Waals surface area contributed by atoms with Gasteiger partial charge < -0.3 is 10.6 Å². The van der Waals surface area contributed by atoms with Gasteiger partial charge in [-0.25, -0.2) is 0 Å². The molecule has 64 valence electrons. The summed E-state index contributed by atoms with van der Waals surface area (Å²) in [6, 6.07) is 0. The van der Waals surface area contributed by atoms with Crippen LogP contribution in [0.3, 0.4) is 0 Å². The van der Waals surface area contributed by atoms with Crippen molar-refractivity contribution in [1.29, 1.82) is 0 Å². The minimum atomic E-state index is 0.523. The Labute approximate surface area is 68.7 Å². The molecule has 1 heterocycles. The summed E-state index contributed by atoms with van der Waals surface area (Å²) < 4.78 is 0. The normalized spacial score (nSPS) is 44.7. The Bertz CT molecular complexity index is 158. The summed E-state index contributed by atoms with van der Waals surface area (Å²) in [5.41, 5.74) is 6.37. The lowest BCUT2D eigenvalue weighted by Gasteiger charge is -2.26. The monoisotopic (exact) mass is 154 g/mol. The SMILES string of the molecule is CN1CC2CCCC2(CN)C1. The molecule has 1 aliphatic heterocycles. The second-order valence-corrected chi connectivity index (χ2v) is 4.35. The molecule has 0 aromatic heterocycles. The minimum absolute atomic E-state index is 0.523. The number of rotatable bonds is 1. The van der Waals surface area contributed by atoms with Crippen molar-refractivity contribution in [2.24, 2.45) is 17.1 Å². The molecule has 2 atom stereocenters. The van der Waals surface area contributed by atoms with Crippen molar-refractivity contribution in [2.75, 3.05) is 26.7 Å². The zero-order valence-electron chi connectivity index (χ0n) is 7.34. The van der Waals surface area contributed by atoms with E-state index < -0.39 is 0 Å². The first kappa shape index (κ1) is 7.56. The van der Waals surface area contributed by atoms with Gasteiger partial charge in [-0.15, -0.1) is 0 Å². The van der Waals surface area contributed by atoms with Gasteiger partial charge in [-0.2, -0.15) is 0 Å². The van der Waals surface area contributed by atoms with Crippen LogP contribution in [0.15, 0.2) is 0 Å². The maximum atomic E-state index is 5.85. The van der Waals surface area contributed by atoms with Crippen molar-refractivity contribution < 1.29 is 0 Å². The van der Waals surface area contributed by atoms with Gasteiger partial charge in [-0.05, 0) is 37.8 Å². The Morgan fingerprint density at radius 1 is 1.64 bits per heavy atom. The molecule has 0 aromatic rings. The van der Waals surface area contributed by atoms with E-state index in [0.717, 1.165) is 12.5 Å². The van der Waals surface area contributed by atoms with Crippen LogP contribution >= 0.6 is 0 Å². The highest BCUT2D eigenvalue weighted by Gasteiger charge is 2.47. The van der Waals surface area contributed by atoms with E-state index in [1.165, 1.54) is 32.4 Å². The second-order valence-electron chi connectivity index (χ2n) is 4.35. The first-order valence-corrected chi connectivity index (χ1v) is 4.65. The standard InChI is InChI=1S/C9H18N2/c1-11-5-8-3-2-4-9(8,6-10)7-11/h8H,2-7,10H2,1H3. The van der Waals surface area contributed by atoms with Gasteiger partial charge in [0.05, 0.1) is 0 Å². The molecule has 2 aliphatic rings. The molecule has 0 bridgehead atoms. The first-order valence-electron chi connectivity index (χ1n) is 4.65. The van der Waals surface area contributed by atoms with E-state index in [1.54, 1.807) is 0 Å². The average Bonchev–Trinajstić information content (AvgIpc) is 2.43. The fraction of sp³-hybridized carbons (Fsp3) is 1.00. The highest BCUT2D eigenvalue weighted by atomic mass is 15.1. The van der Waals surface area contributed by atoms with Crippen LogP contribution in [0.5, 0.6) is 0 Å². The van der Waals surface area contributed by atoms with Crippen LogP contribution in [0.25, 0.3) is 0 Å². The van der Waals surface area contributed by atoms with Crippen LogP contribution in [0.4, 0.5) is 0 Å². The van der Waals surface area contributed by atoms with Gasteiger partial charge in [0.2, 0.25) is 0 Å². The predicted octanol–water partition coefficient (Wildman–Crippen LogP) is 0.677. The molecule has 1 saturated heterocycles. The predicted molar refractivity (Wildman–Crippen MR) is 46.3 cm³/mol. The van der Waals surface area contributed by atoms with E-state index in [0.29, 0.717) is 5.41 Å². The number of hydrogen-bond acceptors (Lipinski definition) is 2. The summed E-state index contributed by atoms with van der Waals surface area (Å²) in [4.78, 5) is 2.44. The molecule has 2 nitrogen and oxygen atoms in total. The Kier molecular flexibility index (Phi) is 1.69. The van der Waals surface area contributed by atoms with Gasteiger partial charge in [-0.3, -0.25) is 0 Å². The van der Waals surface area contributed by atoms with Gasteiger partial charge in [0.1, 0.15) is 0 Å². The third-order valence-corrected chi connectivity index (χ3v) is 3.62. The van der Waals surface area contributed by atoms with Crippen LogP contribution in [-0.4, -0.2) is 31.6 Å². The fourth-order valence-electron chi connectivity index (χ4n) is 3.02. The summed E-state index contributed by atoms with van der Waals surface area (Å²) >= 11 is 0. The van der Waals surface area contributed by atoms with Crippen molar-refractivity contribution in [2.45, 2.75) is 19.3 Å². The Morgan fingerprint density at radius 2 is 2.45 bits per heavy atom. The molecule has 2 heteroatoms. The van der Waals surface area contributed by atoms with Gasteiger partial charge in [0, 0.05) is 13.1 Å². The van der Waals surface area contributed by atoms with E-state index in [2.05, 4.69) is 11.9 Å². The molecule has 0 spiro atoms. The van der Waals surface area contributed by atoms with Crippen molar-refractivity contribution >= 4 is 0 Å². The quantitative estimate of drug-likeness (QED) is 0.601. The summed E-state index contributed by atoms with van der Waals surface area (Å²) in [7, 11) is 2.22. The number of hydrogen-bond donors (Lipinski definition) is 1.